The first kappa shape index (κ1) is 13.2. The van der Waals surface area contributed by atoms with Gasteiger partial charge in [-0.3, -0.25) is 10.1 Å². The normalized spacial score (nSPS) is 10.8. The molecule has 6 nitrogen and oxygen atoms in total. The minimum atomic E-state index is -4.99. The SMILES string of the molecule is N#Cc1cc(OC(F)(F)F)nc(Br)c1[N+](=O)[O-]. The second-order valence-corrected chi connectivity index (χ2v) is 3.32. The largest absolute Gasteiger partial charge is 0.574 e. The van der Waals surface area contributed by atoms with Crippen molar-refractivity contribution >= 4 is 21.6 Å². The second-order valence-electron chi connectivity index (χ2n) is 2.56. The third-order valence-corrected chi connectivity index (χ3v) is 2.00. The highest BCUT2D eigenvalue weighted by molar-refractivity contribution is 9.10. The smallest absolute Gasteiger partial charge is 0.388 e. The molecule has 0 aliphatic heterocycles. The molecule has 0 radical (unpaired) electrons. The number of rotatable bonds is 2. The van der Waals surface area contributed by atoms with Gasteiger partial charge in [0.15, 0.2) is 4.60 Å². The first-order valence-electron chi connectivity index (χ1n) is 3.75. The first-order chi connectivity index (χ1) is 7.74. The average Bonchev–Trinajstić information content (AvgIpc) is 2.12. The third kappa shape index (κ3) is 3.28. The Morgan fingerprint density at radius 2 is 2.18 bits per heavy atom. The number of ether oxygens (including phenoxy) is 1. The Labute approximate surface area is 99.9 Å². The van der Waals surface area contributed by atoms with E-state index in [0.29, 0.717) is 6.07 Å². The monoisotopic (exact) mass is 311 g/mol. The van der Waals surface area contributed by atoms with Gasteiger partial charge in [0.05, 0.1) is 4.92 Å². The number of aromatic nitrogens is 1. The lowest BCUT2D eigenvalue weighted by Crippen LogP contribution is -2.18. The van der Waals surface area contributed by atoms with Crippen LogP contribution in [0, 0.1) is 21.4 Å². The fourth-order valence-corrected chi connectivity index (χ4v) is 1.45. The molecule has 10 heteroatoms. The van der Waals surface area contributed by atoms with Gasteiger partial charge >= 0.3 is 12.0 Å². The zero-order valence-electron chi connectivity index (χ0n) is 7.66. The van der Waals surface area contributed by atoms with Crippen LogP contribution in [-0.2, 0) is 0 Å². The highest BCUT2D eigenvalue weighted by Crippen LogP contribution is 2.31. The van der Waals surface area contributed by atoms with Crippen molar-refractivity contribution < 1.29 is 22.8 Å². The van der Waals surface area contributed by atoms with E-state index >= 15 is 0 Å². The summed E-state index contributed by atoms with van der Waals surface area (Å²) in [6.45, 7) is 0. The number of nitro groups is 1. The minimum absolute atomic E-state index is 0.513. The number of hydrogen-bond donors (Lipinski definition) is 0. The topological polar surface area (TPSA) is 89.0 Å². The summed E-state index contributed by atoms with van der Waals surface area (Å²) in [5, 5.41) is 19.1. The van der Waals surface area contributed by atoms with Crippen LogP contribution in [0.3, 0.4) is 0 Å². The number of nitrogens with zero attached hydrogens (tertiary/aromatic N) is 3. The molecule has 0 saturated heterocycles. The van der Waals surface area contributed by atoms with Crippen LogP contribution in [0.15, 0.2) is 10.7 Å². The van der Waals surface area contributed by atoms with E-state index in [1.807, 2.05) is 0 Å². The Kier molecular flexibility index (Phi) is 3.52. The van der Waals surface area contributed by atoms with Crippen LogP contribution >= 0.6 is 15.9 Å². The van der Waals surface area contributed by atoms with E-state index < -0.39 is 33.0 Å². The van der Waals surface area contributed by atoms with E-state index in [9.17, 15) is 23.3 Å². The number of alkyl halides is 3. The van der Waals surface area contributed by atoms with Gasteiger partial charge in [0.2, 0.25) is 5.88 Å². The van der Waals surface area contributed by atoms with Crippen molar-refractivity contribution in [1.29, 1.82) is 5.26 Å². The van der Waals surface area contributed by atoms with Gasteiger partial charge in [-0.05, 0) is 15.9 Å². The maximum atomic E-state index is 11.9. The molecule has 0 saturated carbocycles. The molecule has 1 aromatic rings. The molecule has 1 rings (SSSR count). The predicted octanol–water partition coefficient (Wildman–Crippen LogP) is 2.52. The van der Waals surface area contributed by atoms with Gasteiger partial charge in [-0.1, -0.05) is 0 Å². The van der Waals surface area contributed by atoms with Crippen LogP contribution in [0.1, 0.15) is 5.56 Å². The van der Waals surface area contributed by atoms with Crippen molar-refractivity contribution in [1.82, 2.24) is 4.98 Å². The Balaban J connectivity index is 3.29. The molecule has 0 amide bonds. The first-order valence-corrected chi connectivity index (χ1v) is 4.54. The second kappa shape index (κ2) is 4.54. The van der Waals surface area contributed by atoms with E-state index in [1.165, 1.54) is 6.07 Å². The molecule has 0 atom stereocenters. The Bertz CT molecular complexity index is 512. The zero-order chi connectivity index (χ0) is 13.2. The Morgan fingerprint density at radius 1 is 1.59 bits per heavy atom. The van der Waals surface area contributed by atoms with Crippen LogP contribution in [-0.4, -0.2) is 16.3 Å². The lowest BCUT2D eigenvalue weighted by molar-refractivity contribution is -0.386. The molecular weight excluding hydrogens is 311 g/mol. The lowest BCUT2D eigenvalue weighted by atomic mass is 10.2. The quantitative estimate of drug-likeness (QED) is 0.475. The van der Waals surface area contributed by atoms with Gasteiger partial charge < -0.3 is 4.74 Å². The van der Waals surface area contributed by atoms with E-state index in [0.717, 1.165) is 0 Å². The summed E-state index contributed by atoms with van der Waals surface area (Å²) < 4.78 is 38.6. The average molecular weight is 312 g/mol. The Morgan fingerprint density at radius 3 is 2.59 bits per heavy atom. The minimum Gasteiger partial charge on any atom is -0.388 e. The van der Waals surface area contributed by atoms with Crippen LogP contribution < -0.4 is 4.74 Å². The maximum absolute atomic E-state index is 11.9. The summed E-state index contributed by atoms with van der Waals surface area (Å²) >= 11 is 2.60. The molecular formula is C7HBrF3N3O3. The van der Waals surface area contributed by atoms with E-state index in [-0.39, 0.29) is 0 Å². The summed E-state index contributed by atoms with van der Waals surface area (Å²) in [7, 11) is 0. The third-order valence-electron chi connectivity index (χ3n) is 1.45. The molecule has 0 unspecified atom stereocenters. The molecule has 0 aliphatic carbocycles. The predicted molar refractivity (Wildman–Crippen MR) is 50.0 cm³/mol. The van der Waals surface area contributed by atoms with Crippen molar-refractivity contribution in [3.63, 3.8) is 0 Å². The molecule has 90 valence electrons. The van der Waals surface area contributed by atoms with E-state index in [4.69, 9.17) is 5.26 Å². The maximum Gasteiger partial charge on any atom is 0.574 e. The van der Waals surface area contributed by atoms with Crippen LogP contribution in [0.25, 0.3) is 0 Å². The van der Waals surface area contributed by atoms with Crippen LogP contribution in [0.2, 0.25) is 0 Å². The molecule has 1 aromatic heterocycles. The van der Waals surface area contributed by atoms with E-state index in [1.54, 1.807) is 0 Å². The standard InChI is InChI=1S/C7HBrF3N3O3/c8-6-5(14(15)16)3(2-12)1-4(13-6)17-7(9,10)11/h1H. The molecule has 0 spiro atoms. The lowest BCUT2D eigenvalue weighted by Gasteiger charge is -2.08. The van der Waals surface area contributed by atoms with Gasteiger partial charge in [-0.25, -0.2) is 0 Å². The van der Waals surface area contributed by atoms with Gasteiger partial charge in [0, 0.05) is 6.07 Å². The molecule has 1 heterocycles. The Hall–Kier alpha value is -1.89. The summed E-state index contributed by atoms with van der Waals surface area (Å²) in [6, 6.07) is 1.92. The van der Waals surface area contributed by atoms with Crippen molar-refractivity contribution in [2.75, 3.05) is 0 Å². The summed E-state index contributed by atoms with van der Waals surface area (Å²) in [5.74, 6) is -0.952. The number of hydrogen-bond acceptors (Lipinski definition) is 5. The molecule has 0 N–H and O–H groups in total. The van der Waals surface area contributed by atoms with Crippen LogP contribution in [0.5, 0.6) is 5.88 Å². The molecule has 0 aromatic carbocycles. The fourth-order valence-electron chi connectivity index (χ4n) is 0.915. The number of halogens is 4. The van der Waals surface area contributed by atoms with Gasteiger partial charge in [-0.2, -0.15) is 10.2 Å². The van der Waals surface area contributed by atoms with Gasteiger partial charge in [-0.15, -0.1) is 13.2 Å². The van der Waals surface area contributed by atoms with Crippen molar-refractivity contribution in [3.8, 4) is 11.9 Å². The van der Waals surface area contributed by atoms with Crippen molar-refractivity contribution in [2.24, 2.45) is 0 Å². The van der Waals surface area contributed by atoms with Crippen molar-refractivity contribution in [2.45, 2.75) is 6.36 Å². The highest BCUT2D eigenvalue weighted by atomic mass is 79.9. The highest BCUT2D eigenvalue weighted by Gasteiger charge is 2.33. The molecule has 17 heavy (non-hydrogen) atoms. The summed E-state index contributed by atoms with van der Waals surface area (Å²) in [5.41, 5.74) is -1.31. The zero-order valence-corrected chi connectivity index (χ0v) is 9.24. The van der Waals surface area contributed by atoms with E-state index in [2.05, 4.69) is 25.7 Å². The van der Waals surface area contributed by atoms with Gasteiger partial charge in [0.1, 0.15) is 11.6 Å². The summed E-state index contributed by atoms with van der Waals surface area (Å²) in [6.07, 6.45) is -4.99. The van der Waals surface area contributed by atoms with Crippen molar-refractivity contribution in [3.05, 3.63) is 26.3 Å². The fraction of sp³-hybridized carbons (Fsp3) is 0.143. The molecule has 0 aliphatic rings. The number of pyridine rings is 1. The van der Waals surface area contributed by atoms with Crippen LogP contribution in [0.4, 0.5) is 18.9 Å². The molecule has 0 fully saturated rings. The van der Waals surface area contributed by atoms with Gasteiger partial charge in [0.25, 0.3) is 0 Å². The summed E-state index contributed by atoms with van der Waals surface area (Å²) in [4.78, 5) is 12.8. The molecule has 0 bridgehead atoms. The number of nitriles is 1.